The van der Waals surface area contributed by atoms with E-state index in [4.69, 9.17) is 4.74 Å². The van der Waals surface area contributed by atoms with E-state index in [9.17, 15) is 14.4 Å². The third-order valence-corrected chi connectivity index (χ3v) is 9.02. The number of hydrogen-bond acceptors (Lipinski definition) is 7. The molecule has 5 aromatic carbocycles. The van der Waals surface area contributed by atoms with Gasteiger partial charge in [-0.25, -0.2) is 4.98 Å². The summed E-state index contributed by atoms with van der Waals surface area (Å²) in [5.41, 5.74) is 3.54. The molecule has 0 saturated carbocycles. The molecule has 0 aliphatic heterocycles. The molecule has 238 valence electrons. The van der Waals surface area contributed by atoms with Crippen LogP contribution in [0.1, 0.15) is 15.9 Å². The highest BCUT2D eigenvalue weighted by Crippen LogP contribution is 2.28. The van der Waals surface area contributed by atoms with Crippen LogP contribution in [-0.4, -0.2) is 35.6 Å². The van der Waals surface area contributed by atoms with Crippen molar-refractivity contribution in [3.05, 3.63) is 144 Å². The van der Waals surface area contributed by atoms with E-state index in [0.29, 0.717) is 16.4 Å². The van der Waals surface area contributed by atoms with Gasteiger partial charge in [0.2, 0.25) is 5.91 Å². The number of benzene rings is 5. The molecule has 6 aromatic rings. The standard InChI is InChI=1S/C38H30N4O4S2/c1-46-30-15-8-14-28(21-30)34-23-48-38(41-34)42-35(43)24-47-31-19-17-29(18-20-31)39-37(45)33(40-36(44)26-10-3-2-4-11-26)22-27-13-7-12-25-9-5-6-16-32(25)27/h2-23H,24H2,1H3,(H,39,45)(H,40,44)(H,41,42,43)/b33-22-. The average Bonchev–Trinajstić information content (AvgIpc) is 3.60. The highest BCUT2D eigenvalue weighted by molar-refractivity contribution is 8.00. The summed E-state index contributed by atoms with van der Waals surface area (Å²) in [7, 11) is 1.61. The fourth-order valence-corrected chi connectivity index (χ4v) is 6.29. The summed E-state index contributed by atoms with van der Waals surface area (Å²) < 4.78 is 5.29. The highest BCUT2D eigenvalue weighted by Gasteiger charge is 2.16. The van der Waals surface area contributed by atoms with Crippen molar-refractivity contribution in [2.75, 3.05) is 23.5 Å². The van der Waals surface area contributed by atoms with Gasteiger partial charge in [-0.05, 0) is 70.9 Å². The van der Waals surface area contributed by atoms with Gasteiger partial charge in [-0.2, -0.15) is 0 Å². The van der Waals surface area contributed by atoms with Crippen molar-refractivity contribution in [2.24, 2.45) is 0 Å². The predicted octanol–water partition coefficient (Wildman–Crippen LogP) is 8.11. The van der Waals surface area contributed by atoms with Crippen LogP contribution in [-0.2, 0) is 9.59 Å². The molecule has 0 aliphatic carbocycles. The largest absolute Gasteiger partial charge is 0.497 e. The van der Waals surface area contributed by atoms with Gasteiger partial charge in [0.05, 0.1) is 18.6 Å². The van der Waals surface area contributed by atoms with Gasteiger partial charge in [0.15, 0.2) is 5.13 Å². The van der Waals surface area contributed by atoms with Crippen LogP contribution in [0.15, 0.2) is 137 Å². The van der Waals surface area contributed by atoms with Crippen LogP contribution in [0.5, 0.6) is 5.75 Å². The number of thiazole rings is 1. The van der Waals surface area contributed by atoms with Crippen molar-refractivity contribution < 1.29 is 19.1 Å². The number of amides is 3. The number of carbonyl (C=O) groups is 3. The Kier molecular flexibility index (Phi) is 10.2. The van der Waals surface area contributed by atoms with Crippen LogP contribution >= 0.6 is 23.1 Å². The van der Waals surface area contributed by atoms with Crippen molar-refractivity contribution in [1.82, 2.24) is 10.3 Å². The van der Waals surface area contributed by atoms with E-state index in [1.807, 2.05) is 90.3 Å². The molecule has 0 fully saturated rings. The third-order valence-electron chi connectivity index (χ3n) is 7.25. The number of thioether (sulfide) groups is 1. The van der Waals surface area contributed by atoms with Crippen LogP contribution in [0.4, 0.5) is 10.8 Å². The maximum absolute atomic E-state index is 13.6. The molecule has 48 heavy (non-hydrogen) atoms. The fourth-order valence-electron chi connectivity index (χ4n) is 4.86. The zero-order valence-corrected chi connectivity index (χ0v) is 27.4. The number of aromatic nitrogens is 1. The molecule has 0 bridgehead atoms. The summed E-state index contributed by atoms with van der Waals surface area (Å²) in [6.45, 7) is 0. The molecule has 0 radical (unpaired) electrons. The van der Waals surface area contributed by atoms with Crippen molar-refractivity contribution in [3.8, 4) is 17.0 Å². The number of carbonyl (C=O) groups excluding carboxylic acids is 3. The molecule has 0 unspecified atom stereocenters. The summed E-state index contributed by atoms with van der Waals surface area (Å²) in [6, 6.07) is 37.2. The molecule has 0 saturated heterocycles. The first-order valence-corrected chi connectivity index (χ1v) is 16.8. The van der Waals surface area contributed by atoms with E-state index in [1.54, 1.807) is 49.6 Å². The Morgan fingerprint density at radius 3 is 2.40 bits per heavy atom. The minimum atomic E-state index is -0.469. The number of nitrogens with one attached hydrogen (secondary N) is 3. The Balaban J connectivity index is 1.10. The van der Waals surface area contributed by atoms with Crippen molar-refractivity contribution >= 4 is 68.5 Å². The summed E-state index contributed by atoms with van der Waals surface area (Å²) in [4.78, 5) is 44.7. The SMILES string of the molecule is COc1cccc(-c2csc(NC(=O)CSc3ccc(NC(=O)/C(=C/c4cccc5ccccc45)NC(=O)c4ccccc4)cc3)n2)c1. The Morgan fingerprint density at radius 1 is 0.833 bits per heavy atom. The molecular formula is C38H30N4O4S2. The zero-order valence-electron chi connectivity index (χ0n) is 25.8. The second-order valence-corrected chi connectivity index (χ2v) is 12.4. The van der Waals surface area contributed by atoms with Crippen LogP contribution in [0.25, 0.3) is 28.1 Å². The van der Waals surface area contributed by atoms with Crippen LogP contribution in [0.3, 0.4) is 0 Å². The Morgan fingerprint density at radius 2 is 1.58 bits per heavy atom. The predicted molar refractivity (Wildman–Crippen MR) is 194 cm³/mol. The lowest BCUT2D eigenvalue weighted by Gasteiger charge is -2.12. The molecule has 0 aliphatic rings. The summed E-state index contributed by atoms with van der Waals surface area (Å²) in [5.74, 6) is -0.120. The zero-order chi connectivity index (χ0) is 33.3. The van der Waals surface area contributed by atoms with Gasteiger partial charge in [0.1, 0.15) is 11.4 Å². The molecule has 1 aromatic heterocycles. The van der Waals surface area contributed by atoms with E-state index in [2.05, 4.69) is 20.9 Å². The highest BCUT2D eigenvalue weighted by atomic mass is 32.2. The number of nitrogens with zero attached hydrogens (tertiary/aromatic N) is 1. The number of fused-ring (bicyclic) bond motifs is 1. The van der Waals surface area contributed by atoms with Crippen LogP contribution in [0.2, 0.25) is 0 Å². The topological polar surface area (TPSA) is 109 Å². The fraction of sp³-hybridized carbons (Fsp3) is 0.0526. The molecule has 8 nitrogen and oxygen atoms in total. The first kappa shape index (κ1) is 32.2. The molecule has 3 N–H and O–H groups in total. The maximum atomic E-state index is 13.6. The van der Waals surface area contributed by atoms with Crippen molar-refractivity contribution in [2.45, 2.75) is 4.90 Å². The molecular weight excluding hydrogens is 641 g/mol. The number of methoxy groups -OCH3 is 1. The van der Waals surface area contributed by atoms with E-state index < -0.39 is 11.8 Å². The van der Waals surface area contributed by atoms with Gasteiger partial charge in [-0.15, -0.1) is 23.1 Å². The minimum absolute atomic E-state index is 0.104. The van der Waals surface area contributed by atoms with Gasteiger partial charge < -0.3 is 20.7 Å². The van der Waals surface area contributed by atoms with Gasteiger partial charge >= 0.3 is 0 Å². The van der Waals surface area contributed by atoms with Crippen LogP contribution in [0, 0.1) is 0 Å². The van der Waals surface area contributed by atoms with E-state index in [0.717, 1.165) is 38.2 Å². The molecule has 0 atom stereocenters. The number of rotatable bonds is 11. The lowest BCUT2D eigenvalue weighted by atomic mass is 10.0. The van der Waals surface area contributed by atoms with Gasteiger partial charge in [-0.1, -0.05) is 72.8 Å². The Bertz CT molecular complexity index is 2110. The summed E-state index contributed by atoms with van der Waals surface area (Å²) in [6.07, 6.45) is 1.68. The van der Waals surface area contributed by atoms with E-state index in [1.165, 1.54) is 23.1 Å². The average molecular weight is 671 g/mol. The van der Waals surface area contributed by atoms with Crippen molar-refractivity contribution in [1.29, 1.82) is 0 Å². The molecule has 1 heterocycles. The van der Waals surface area contributed by atoms with Gasteiger partial charge in [0, 0.05) is 27.1 Å². The molecule has 3 amide bonds. The Hall–Kier alpha value is -5.71. The third kappa shape index (κ3) is 8.16. The number of anilines is 2. The smallest absolute Gasteiger partial charge is 0.272 e. The summed E-state index contributed by atoms with van der Waals surface area (Å²) in [5, 5.41) is 12.9. The molecule has 10 heteroatoms. The number of ether oxygens (including phenoxy) is 1. The van der Waals surface area contributed by atoms with Gasteiger partial charge in [0.25, 0.3) is 11.8 Å². The first-order valence-electron chi connectivity index (χ1n) is 14.9. The lowest BCUT2D eigenvalue weighted by molar-refractivity contribution is -0.114. The second kappa shape index (κ2) is 15.3. The van der Waals surface area contributed by atoms with Crippen LogP contribution < -0.4 is 20.7 Å². The van der Waals surface area contributed by atoms with Crippen molar-refractivity contribution in [3.63, 3.8) is 0 Å². The normalized spacial score (nSPS) is 11.1. The quantitative estimate of drug-likeness (QED) is 0.0949. The minimum Gasteiger partial charge on any atom is -0.497 e. The second-order valence-electron chi connectivity index (χ2n) is 10.5. The van der Waals surface area contributed by atoms with E-state index >= 15 is 0 Å². The monoisotopic (exact) mass is 670 g/mol. The number of hydrogen-bond donors (Lipinski definition) is 3. The maximum Gasteiger partial charge on any atom is 0.272 e. The first-order chi connectivity index (χ1) is 23.4. The lowest BCUT2D eigenvalue weighted by Crippen LogP contribution is -2.30. The Labute approximate surface area is 285 Å². The summed E-state index contributed by atoms with van der Waals surface area (Å²) >= 11 is 2.72. The molecule has 6 rings (SSSR count). The van der Waals surface area contributed by atoms with Gasteiger partial charge in [-0.3, -0.25) is 14.4 Å². The van der Waals surface area contributed by atoms with E-state index in [-0.39, 0.29) is 17.4 Å². The molecule has 0 spiro atoms.